The van der Waals surface area contributed by atoms with Crippen LogP contribution in [0, 0.1) is 11.8 Å². The van der Waals surface area contributed by atoms with Crippen LogP contribution in [0.1, 0.15) is 19.3 Å². The minimum Gasteiger partial charge on any atom is -0.481 e. The van der Waals surface area contributed by atoms with Gasteiger partial charge in [0.25, 0.3) is 0 Å². The van der Waals surface area contributed by atoms with E-state index < -0.39 is 50.9 Å². The Bertz CT molecular complexity index is 747. The number of hydrogen-bond acceptors (Lipinski definition) is 5. The lowest BCUT2D eigenvalue weighted by molar-refractivity contribution is -0.146. The maximum atomic E-state index is 12.7. The second kappa shape index (κ2) is 6.18. The first-order valence-corrected chi connectivity index (χ1v) is 9.37. The van der Waals surface area contributed by atoms with Gasteiger partial charge < -0.3 is 15.5 Å². The first-order valence-electron chi connectivity index (χ1n) is 7.82. The van der Waals surface area contributed by atoms with Crippen LogP contribution in [0.4, 0.5) is 0 Å². The third-order valence-corrected chi connectivity index (χ3v) is 7.08. The number of carboxylic acid groups (broad SMARTS) is 1. The molecule has 7 nitrogen and oxygen atoms in total. The topological polar surface area (TPSA) is 121 Å². The average molecular weight is 353 g/mol. The number of carbonyl (C=O) groups excluding carboxylic acids is 1. The molecule has 1 aliphatic heterocycles. The van der Waals surface area contributed by atoms with Crippen molar-refractivity contribution in [3.63, 3.8) is 0 Å². The van der Waals surface area contributed by atoms with Gasteiger partial charge in [-0.05, 0) is 31.4 Å². The van der Waals surface area contributed by atoms with E-state index in [9.17, 15) is 23.1 Å². The zero-order valence-electron chi connectivity index (χ0n) is 12.8. The molecule has 1 heterocycles. The SMILES string of the molecule is O=C(O)C1CCC2C(C1)NC(=O)C(S(=O)(=O)c1ccccc1)C2O. The highest BCUT2D eigenvalue weighted by atomic mass is 32.2. The molecule has 0 radical (unpaired) electrons. The lowest BCUT2D eigenvalue weighted by Crippen LogP contribution is -2.63. The van der Waals surface area contributed by atoms with E-state index in [0.29, 0.717) is 12.8 Å². The normalized spacial score (nSPS) is 33.4. The van der Waals surface area contributed by atoms with Gasteiger partial charge in [0, 0.05) is 12.0 Å². The maximum Gasteiger partial charge on any atom is 0.306 e. The van der Waals surface area contributed by atoms with Crippen LogP contribution in [0.25, 0.3) is 0 Å². The van der Waals surface area contributed by atoms with Crippen molar-refractivity contribution < 1.29 is 28.2 Å². The minimum absolute atomic E-state index is 0.0122. The summed E-state index contributed by atoms with van der Waals surface area (Å²) in [6, 6.07) is 7.05. The van der Waals surface area contributed by atoms with Gasteiger partial charge in [-0.25, -0.2) is 8.42 Å². The van der Waals surface area contributed by atoms with E-state index >= 15 is 0 Å². The van der Waals surface area contributed by atoms with Gasteiger partial charge in [-0.2, -0.15) is 0 Å². The van der Waals surface area contributed by atoms with Crippen molar-refractivity contribution in [3.8, 4) is 0 Å². The zero-order chi connectivity index (χ0) is 17.5. The van der Waals surface area contributed by atoms with Crippen LogP contribution in [0.2, 0.25) is 0 Å². The number of sulfone groups is 1. The molecule has 3 rings (SSSR count). The molecular weight excluding hydrogens is 334 g/mol. The quantitative estimate of drug-likeness (QED) is 0.713. The fraction of sp³-hybridized carbons (Fsp3) is 0.500. The highest BCUT2D eigenvalue weighted by molar-refractivity contribution is 7.92. The number of benzene rings is 1. The van der Waals surface area contributed by atoms with E-state index in [2.05, 4.69) is 5.32 Å². The van der Waals surface area contributed by atoms with Crippen LogP contribution in [0.3, 0.4) is 0 Å². The highest BCUT2D eigenvalue weighted by Crippen LogP contribution is 2.37. The molecule has 5 unspecified atom stereocenters. The molecule has 24 heavy (non-hydrogen) atoms. The standard InChI is InChI=1S/C16H19NO6S/c18-13-11-7-6-9(16(20)21)8-12(11)17-15(19)14(13)24(22,23)10-4-2-1-3-5-10/h1-5,9,11-14,18H,6-8H2,(H,17,19)(H,20,21). The van der Waals surface area contributed by atoms with E-state index in [1.807, 2.05) is 0 Å². The molecule has 0 spiro atoms. The Balaban J connectivity index is 1.88. The number of rotatable bonds is 3. The van der Waals surface area contributed by atoms with Crippen molar-refractivity contribution in [3.05, 3.63) is 30.3 Å². The summed E-state index contributed by atoms with van der Waals surface area (Å²) >= 11 is 0. The molecule has 0 bridgehead atoms. The minimum atomic E-state index is -4.02. The van der Waals surface area contributed by atoms with Gasteiger partial charge in [0.15, 0.2) is 15.1 Å². The molecule has 1 saturated carbocycles. The molecule has 130 valence electrons. The molecule has 8 heteroatoms. The third kappa shape index (κ3) is 2.80. The molecule has 1 saturated heterocycles. The number of carboxylic acids is 1. The predicted octanol–water partition coefficient (Wildman–Crippen LogP) is 0.189. The van der Waals surface area contributed by atoms with Gasteiger partial charge >= 0.3 is 5.97 Å². The lowest BCUT2D eigenvalue weighted by atomic mass is 9.73. The molecule has 0 aromatic heterocycles. The van der Waals surface area contributed by atoms with Crippen LogP contribution < -0.4 is 5.32 Å². The van der Waals surface area contributed by atoms with Gasteiger partial charge in [-0.15, -0.1) is 0 Å². The van der Waals surface area contributed by atoms with Crippen molar-refractivity contribution in [2.75, 3.05) is 0 Å². The predicted molar refractivity (Wildman–Crippen MR) is 83.8 cm³/mol. The summed E-state index contributed by atoms with van der Waals surface area (Å²) in [4.78, 5) is 23.5. The molecule has 5 atom stereocenters. The summed E-state index contributed by atoms with van der Waals surface area (Å²) in [6.45, 7) is 0. The van der Waals surface area contributed by atoms with E-state index in [-0.39, 0.29) is 11.3 Å². The van der Waals surface area contributed by atoms with E-state index in [1.165, 1.54) is 12.1 Å². The number of nitrogens with one attached hydrogen (secondary N) is 1. The Morgan fingerprint density at radius 3 is 2.46 bits per heavy atom. The van der Waals surface area contributed by atoms with Gasteiger partial charge in [0.05, 0.1) is 16.9 Å². The Morgan fingerprint density at radius 1 is 1.17 bits per heavy atom. The van der Waals surface area contributed by atoms with Crippen molar-refractivity contribution >= 4 is 21.7 Å². The fourth-order valence-electron chi connectivity index (χ4n) is 3.72. The molecule has 3 N–H and O–H groups in total. The molecule has 1 amide bonds. The Morgan fingerprint density at radius 2 is 1.83 bits per heavy atom. The Labute approximate surface area is 139 Å². The van der Waals surface area contributed by atoms with Crippen molar-refractivity contribution in [1.29, 1.82) is 0 Å². The summed E-state index contributed by atoms with van der Waals surface area (Å²) in [5, 5.41) is 20.7. The number of amides is 1. The third-order valence-electron chi connectivity index (χ3n) is 4.99. The first kappa shape index (κ1) is 16.9. The van der Waals surface area contributed by atoms with Crippen molar-refractivity contribution in [2.24, 2.45) is 11.8 Å². The molecule has 1 aliphatic carbocycles. The molecule has 2 fully saturated rings. The summed E-state index contributed by atoms with van der Waals surface area (Å²) in [7, 11) is -4.02. The van der Waals surface area contributed by atoms with Crippen LogP contribution in [0.15, 0.2) is 35.2 Å². The van der Waals surface area contributed by atoms with Crippen molar-refractivity contribution in [2.45, 2.75) is 41.6 Å². The number of piperidine rings is 1. The van der Waals surface area contributed by atoms with E-state index in [0.717, 1.165) is 0 Å². The van der Waals surface area contributed by atoms with Crippen molar-refractivity contribution in [1.82, 2.24) is 5.32 Å². The fourth-order valence-corrected chi connectivity index (χ4v) is 5.47. The lowest BCUT2D eigenvalue weighted by Gasteiger charge is -2.44. The van der Waals surface area contributed by atoms with Crippen LogP contribution >= 0.6 is 0 Å². The Kier molecular flexibility index (Phi) is 4.35. The largest absolute Gasteiger partial charge is 0.481 e. The molecule has 2 aliphatic rings. The number of fused-ring (bicyclic) bond motifs is 1. The van der Waals surface area contributed by atoms with Gasteiger partial charge in [-0.1, -0.05) is 18.2 Å². The van der Waals surface area contributed by atoms with Crippen LogP contribution in [-0.4, -0.2) is 47.9 Å². The van der Waals surface area contributed by atoms with Gasteiger partial charge in [0.2, 0.25) is 5.91 Å². The van der Waals surface area contributed by atoms with E-state index in [4.69, 9.17) is 5.11 Å². The molecule has 1 aromatic rings. The molecule has 1 aromatic carbocycles. The van der Waals surface area contributed by atoms with E-state index in [1.54, 1.807) is 18.2 Å². The number of hydrogen-bond donors (Lipinski definition) is 3. The zero-order valence-corrected chi connectivity index (χ0v) is 13.6. The number of aliphatic hydroxyl groups is 1. The summed E-state index contributed by atoms with van der Waals surface area (Å²) in [5.74, 6) is -2.74. The van der Waals surface area contributed by atoms with Gasteiger partial charge in [0.1, 0.15) is 0 Å². The second-order valence-electron chi connectivity index (χ2n) is 6.40. The van der Waals surface area contributed by atoms with Gasteiger partial charge in [-0.3, -0.25) is 9.59 Å². The summed E-state index contributed by atoms with van der Waals surface area (Å²) in [5.41, 5.74) is 0. The number of aliphatic carboxylic acids is 1. The number of aliphatic hydroxyl groups excluding tert-OH is 1. The Hall–Kier alpha value is -1.93. The molecular formula is C16H19NO6S. The summed E-state index contributed by atoms with van der Waals surface area (Å²) in [6.07, 6.45) is -0.407. The first-order chi connectivity index (χ1) is 11.3. The van der Waals surface area contributed by atoms with Crippen LogP contribution in [-0.2, 0) is 19.4 Å². The number of carbonyl (C=O) groups is 2. The second-order valence-corrected chi connectivity index (χ2v) is 8.47. The average Bonchev–Trinajstić information content (AvgIpc) is 2.54. The smallest absolute Gasteiger partial charge is 0.306 e. The maximum absolute atomic E-state index is 12.7. The monoisotopic (exact) mass is 353 g/mol. The highest BCUT2D eigenvalue weighted by Gasteiger charge is 2.52. The van der Waals surface area contributed by atoms with Crippen LogP contribution in [0.5, 0.6) is 0 Å². The summed E-state index contributed by atoms with van der Waals surface area (Å²) < 4.78 is 25.5.